The van der Waals surface area contributed by atoms with Crippen LogP contribution < -0.4 is 5.56 Å². The number of fused-ring (bicyclic) bond motifs is 1. The van der Waals surface area contributed by atoms with Gasteiger partial charge in [0.25, 0.3) is 5.56 Å². The SMILES string of the molecule is Cc1c(Cl)c(=O)[nH]c2cc(CCl)cnc12. The normalized spacial score (nSPS) is 10.9. The van der Waals surface area contributed by atoms with E-state index in [2.05, 4.69) is 9.97 Å². The van der Waals surface area contributed by atoms with Crippen molar-refractivity contribution in [3.05, 3.63) is 38.8 Å². The van der Waals surface area contributed by atoms with Gasteiger partial charge >= 0.3 is 0 Å². The number of rotatable bonds is 1. The van der Waals surface area contributed by atoms with E-state index in [1.807, 2.05) is 0 Å². The molecule has 0 radical (unpaired) electrons. The van der Waals surface area contributed by atoms with E-state index in [0.717, 1.165) is 5.56 Å². The second-order valence-electron chi connectivity index (χ2n) is 3.27. The molecule has 0 atom stereocenters. The summed E-state index contributed by atoms with van der Waals surface area (Å²) in [5.41, 5.74) is 2.63. The molecule has 2 rings (SSSR count). The van der Waals surface area contributed by atoms with E-state index in [0.29, 0.717) is 22.5 Å². The van der Waals surface area contributed by atoms with E-state index < -0.39 is 0 Å². The number of alkyl halides is 1. The summed E-state index contributed by atoms with van der Waals surface area (Å²) in [5.74, 6) is 0.368. The molecule has 0 saturated heterocycles. The van der Waals surface area contributed by atoms with E-state index in [1.165, 1.54) is 0 Å². The molecule has 0 unspecified atom stereocenters. The number of aromatic amines is 1. The lowest BCUT2D eigenvalue weighted by molar-refractivity contribution is 1.21. The number of nitrogens with one attached hydrogen (secondary N) is 1. The van der Waals surface area contributed by atoms with Crippen molar-refractivity contribution < 1.29 is 0 Å². The molecule has 0 aliphatic heterocycles. The summed E-state index contributed by atoms with van der Waals surface area (Å²) in [6.45, 7) is 1.77. The molecule has 2 heterocycles. The molecular formula is C10H8Cl2N2O. The lowest BCUT2D eigenvalue weighted by Crippen LogP contribution is -2.09. The van der Waals surface area contributed by atoms with Crippen LogP contribution >= 0.6 is 23.2 Å². The first kappa shape index (κ1) is 10.5. The number of aryl methyl sites for hydroxylation is 1. The predicted octanol–water partition coefficient (Wildman–Crippen LogP) is 2.62. The Bertz CT molecular complexity index is 577. The number of aromatic nitrogens is 2. The van der Waals surface area contributed by atoms with Crippen LogP contribution in [0, 0.1) is 6.92 Å². The first-order valence-corrected chi connectivity index (χ1v) is 5.27. The first-order valence-electron chi connectivity index (χ1n) is 4.36. The van der Waals surface area contributed by atoms with E-state index in [-0.39, 0.29) is 10.6 Å². The molecule has 0 amide bonds. The fourth-order valence-corrected chi connectivity index (χ4v) is 1.71. The molecule has 0 saturated carbocycles. The van der Waals surface area contributed by atoms with E-state index in [9.17, 15) is 4.79 Å². The van der Waals surface area contributed by atoms with Gasteiger partial charge in [-0.05, 0) is 18.6 Å². The van der Waals surface area contributed by atoms with Gasteiger partial charge in [0.05, 0.1) is 11.0 Å². The van der Waals surface area contributed by atoms with Gasteiger partial charge in [0.15, 0.2) is 0 Å². The highest BCUT2D eigenvalue weighted by Gasteiger charge is 2.07. The molecule has 1 N–H and O–H groups in total. The Morgan fingerprint density at radius 2 is 2.27 bits per heavy atom. The molecule has 3 nitrogen and oxygen atoms in total. The van der Waals surface area contributed by atoms with Crippen LogP contribution in [-0.2, 0) is 5.88 Å². The summed E-state index contributed by atoms with van der Waals surface area (Å²) in [6, 6.07) is 1.81. The molecule has 0 bridgehead atoms. The Balaban J connectivity index is 2.86. The quantitative estimate of drug-likeness (QED) is 0.782. The number of hydrogen-bond donors (Lipinski definition) is 1. The molecule has 78 valence electrons. The van der Waals surface area contributed by atoms with Gasteiger partial charge in [-0.3, -0.25) is 9.78 Å². The van der Waals surface area contributed by atoms with Gasteiger partial charge in [-0.25, -0.2) is 0 Å². The van der Waals surface area contributed by atoms with Gasteiger partial charge in [0.1, 0.15) is 5.02 Å². The van der Waals surface area contributed by atoms with Crippen LogP contribution in [0.25, 0.3) is 11.0 Å². The smallest absolute Gasteiger partial charge is 0.267 e. The third kappa shape index (κ3) is 1.73. The molecule has 0 aromatic carbocycles. The summed E-state index contributed by atoms with van der Waals surface area (Å²) in [5, 5.41) is 0.189. The monoisotopic (exact) mass is 242 g/mol. The van der Waals surface area contributed by atoms with Gasteiger partial charge in [-0.15, -0.1) is 11.6 Å². The predicted molar refractivity (Wildman–Crippen MR) is 61.7 cm³/mol. The first-order chi connectivity index (χ1) is 7.13. The third-order valence-electron chi connectivity index (χ3n) is 2.23. The van der Waals surface area contributed by atoms with Crippen LogP contribution in [-0.4, -0.2) is 9.97 Å². The maximum atomic E-state index is 11.4. The Hall–Kier alpha value is -1.06. The standard InChI is InChI=1S/C10H8Cl2N2O/c1-5-8(12)10(15)14-7-2-6(3-11)4-13-9(5)7/h2,4H,3H2,1H3,(H,14,15). The van der Waals surface area contributed by atoms with Gasteiger partial charge in [0, 0.05) is 17.6 Å². The second-order valence-corrected chi connectivity index (χ2v) is 3.91. The van der Waals surface area contributed by atoms with Gasteiger partial charge in [0.2, 0.25) is 0 Å². The van der Waals surface area contributed by atoms with Crippen molar-refractivity contribution in [2.75, 3.05) is 0 Å². The fourth-order valence-electron chi connectivity index (χ4n) is 1.43. The molecule has 15 heavy (non-hydrogen) atoms. The van der Waals surface area contributed by atoms with E-state index in [4.69, 9.17) is 23.2 Å². The van der Waals surface area contributed by atoms with Crippen LogP contribution in [0.5, 0.6) is 0 Å². The number of nitrogens with zero attached hydrogens (tertiary/aromatic N) is 1. The molecule has 0 spiro atoms. The summed E-state index contributed by atoms with van der Waals surface area (Å²) >= 11 is 11.5. The number of H-pyrrole nitrogens is 1. The number of pyridine rings is 2. The van der Waals surface area contributed by atoms with Crippen molar-refractivity contribution in [3.8, 4) is 0 Å². The Morgan fingerprint density at radius 3 is 2.93 bits per heavy atom. The van der Waals surface area contributed by atoms with Crippen LogP contribution in [0.15, 0.2) is 17.1 Å². The molecule has 2 aromatic heterocycles. The van der Waals surface area contributed by atoms with Crippen LogP contribution in [0.1, 0.15) is 11.1 Å². The maximum Gasteiger partial charge on any atom is 0.267 e. The van der Waals surface area contributed by atoms with Crippen molar-refractivity contribution in [1.82, 2.24) is 9.97 Å². The van der Waals surface area contributed by atoms with Crippen molar-refractivity contribution in [1.29, 1.82) is 0 Å². The second kappa shape index (κ2) is 3.83. The average molecular weight is 243 g/mol. The molecule has 0 fully saturated rings. The summed E-state index contributed by atoms with van der Waals surface area (Å²) in [6.07, 6.45) is 1.68. The third-order valence-corrected chi connectivity index (χ3v) is 2.99. The minimum atomic E-state index is -0.296. The highest BCUT2D eigenvalue weighted by atomic mass is 35.5. The van der Waals surface area contributed by atoms with Crippen LogP contribution in [0.3, 0.4) is 0 Å². The van der Waals surface area contributed by atoms with Crippen molar-refractivity contribution in [3.63, 3.8) is 0 Å². The Labute approximate surface area is 96.1 Å². The molecule has 0 aliphatic rings. The van der Waals surface area contributed by atoms with Gasteiger partial charge in [-0.1, -0.05) is 11.6 Å². The summed E-state index contributed by atoms with van der Waals surface area (Å²) in [7, 11) is 0. The average Bonchev–Trinajstić information content (AvgIpc) is 2.25. The van der Waals surface area contributed by atoms with Gasteiger partial charge in [-0.2, -0.15) is 0 Å². The molecule has 2 aromatic rings. The molecular weight excluding hydrogens is 235 g/mol. The summed E-state index contributed by atoms with van der Waals surface area (Å²) < 4.78 is 0. The lowest BCUT2D eigenvalue weighted by Gasteiger charge is -2.04. The zero-order valence-electron chi connectivity index (χ0n) is 7.97. The Kier molecular flexibility index (Phi) is 2.67. The van der Waals surface area contributed by atoms with E-state index in [1.54, 1.807) is 19.2 Å². The minimum Gasteiger partial charge on any atom is -0.319 e. The minimum absolute atomic E-state index is 0.189. The van der Waals surface area contributed by atoms with E-state index >= 15 is 0 Å². The van der Waals surface area contributed by atoms with Crippen molar-refractivity contribution in [2.24, 2.45) is 0 Å². The molecule has 5 heteroatoms. The number of hydrogen-bond acceptors (Lipinski definition) is 2. The molecule has 0 aliphatic carbocycles. The highest BCUT2D eigenvalue weighted by molar-refractivity contribution is 6.31. The van der Waals surface area contributed by atoms with Crippen LogP contribution in [0.2, 0.25) is 5.02 Å². The van der Waals surface area contributed by atoms with Crippen molar-refractivity contribution in [2.45, 2.75) is 12.8 Å². The van der Waals surface area contributed by atoms with Crippen molar-refractivity contribution >= 4 is 34.2 Å². The zero-order chi connectivity index (χ0) is 11.0. The largest absolute Gasteiger partial charge is 0.319 e. The topological polar surface area (TPSA) is 45.8 Å². The highest BCUT2D eigenvalue weighted by Crippen LogP contribution is 2.19. The summed E-state index contributed by atoms with van der Waals surface area (Å²) in [4.78, 5) is 18.3. The Morgan fingerprint density at radius 1 is 1.53 bits per heavy atom. The maximum absolute atomic E-state index is 11.4. The lowest BCUT2D eigenvalue weighted by atomic mass is 10.2. The fraction of sp³-hybridized carbons (Fsp3) is 0.200. The van der Waals surface area contributed by atoms with Gasteiger partial charge < -0.3 is 4.98 Å². The van der Waals surface area contributed by atoms with Crippen LogP contribution in [0.4, 0.5) is 0 Å². The number of halogens is 2. The zero-order valence-corrected chi connectivity index (χ0v) is 9.49.